The average Bonchev–Trinajstić information content (AvgIpc) is 4.16. The topological polar surface area (TPSA) is 49.0 Å². The van der Waals surface area contributed by atoms with E-state index in [1.165, 1.54) is 5.56 Å². The standard InChI is InChI=1S/C70H46N4O2.Pt/c1-70(2,3)46-36-37-71-66(40-46)74-62-31-13-11-26-55(62)56-35-34-49(42-64(56)74)75-48-21-15-20-47(41-48)72-43-73-67-50(45-38-60(44-18-5-4-6-19-44)69-61(39-45)57-27-12-14-33-65(57)76-69)28-16-29-58(67)53-24-9-7-22-51(53)52-23-8-10-25-54(52)59-30-17-32-63(72)68(59)73;/h4-40H,1-3H3;/q-2;. The molecule has 1 aliphatic rings. The van der Waals surface area contributed by atoms with E-state index in [-0.39, 0.29) is 26.5 Å². The number of hydrogen-bond donors (Lipinski definition) is 0. The molecule has 15 rings (SSSR count). The summed E-state index contributed by atoms with van der Waals surface area (Å²) in [7, 11) is 0. The monoisotopic (exact) mass is 1170 g/mol. The third-order valence-electron chi connectivity index (χ3n) is 15.1. The van der Waals surface area contributed by atoms with Gasteiger partial charge in [0, 0.05) is 60.6 Å². The molecule has 0 bridgehead atoms. The molecule has 14 aromatic rings. The Hall–Kier alpha value is -9.09. The maximum atomic E-state index is 6.79. The van der Waals surface area contributed by atoms with E-state index in [1.807, 2.05) is 30.5 Å². The summed E-state index contributed by atoms with van der Waals surface area (Å²) in [5.74, 6) is 1.96. The van der Waals surface area contributed by atoms with Crippen LogP contribution in [0.4, 0.5) is 0 Å². The zero-order chi connectivity index (χ0) is 50.6. The van der Waals surface area contributed by atoms with E-state index in [1.54, 1.807) is 0 Å². The Labute approximate surface area is 460 Å². The van der Waals surface area contributed by atoms with E-state index < -0.39 is 0 Å². The molecule has 0 N–H and O–H groups in total. The van der Waals surface area contributed by atoms with Crippen molar-refractivity contribution in [3.63, 3.8) is 0 Å². The van der Waals surface area contributed by atoms with Crippen molar-refractivity contribution < 1.29 is 34.8 Å². The number of hydrogen-bond acceptors (Lipinski definition) is 3. The molecule has 77 heavy (non-hydrogen) atoms. The molecule has 0 radical (unpaired) electrons. The van der Waals surface area contributed by atoms with Crippen LogP contribution in [0.5, 0.6) is 11.5 Å². The molecule has 370 valence electrons. The van der Waals surface area contributed by atoms with Gasteiger partial charge in [0.1, 0.15) is 17.0 Å². The number of rotatable bonds is 6. The number of aromatic nitrogens is 4. The Morgan fingerprint density at radius 3 is 1.94 bits per heavy atom. The molecule has 0 saturated heterocycles. The molecule has 0 spiro atoms. The van der Waals surface area contributed by atoms with Gasteiger partial charge in [0.2, 0.25) is 0 Å². The Morgan fingerprint density at radius 2 is 1.13 bits per heavy atom. The zero-order valence-electron chi connectivity index (χ0n) is 42.3. The molecule has 10 aromatic carbocycles. The molecule has 1 aliphatic heterocycles. The van der Waals surface area contributed by atoms with Crippen LogP contribution in [0.25, 0.3) is 128 Å². The van der Waals surface area contributed by atoms with Crippen LogP contribution >= 0.6 is 0 Å². The van der Waals surface area contributed by atoms with Crippen molar-refractivity contribution >= 4 is 54.8 Å². The van der Waals surface area contributed by atoms with Gasteiger partial charge in [0.15, 0.2) is 0 Å². The van der Waals surface area contributed by atoms with Crippen molar-refractivity contribution in [3.8, 4) is 84.3 Å². The summed E-state index contributed by atoms with van der Waals surface area (Å²) in [5.41, 5.74) is 19.6. The second-order valence-electron chi connectivity index (χ2n) is 20.7. The van der Waals surface area contributed by atoms with E-state index in [9.17, 15) is 0 Å². The quantitative estimate of drug-likeness (QED) is 0.123. The first-order valence-corrected chi connectivity index (χ1v) is 25.8. The van der Waals surface area contributed by atoms with Crippen LogP contribution in [0.3, 0.4) is 0 Å². The maximum absolute atomic E-state index is 6.79. The Bertz CT molecular complexity index is 4670. The number of pyridine rings is 1. The van der Waals surface area contributed by atoms with E-state index in [0.717, 1.165) is 128 Å². The molecule has 0 amide bonds. The number of benzene rings is 10. The predicted molar refractivity (Wildman–Crippen MR) is 307 cm³/mol. The molecule has 4 aromatic heterocycles. The van der Waals surface area contributed by atoms with Crippen molar-refractivity contribution in [2.45, 2.75) is 26.2 Å². The summed E-state index contributed by atoms with van der Waals surface area (Å²) >= 11 is 0. The van der Waals surface area contributed by atoms with E-state index in [2.05, 4.69) is 247 Å². The number of nitrogens with zero attached hydrogens (tertiary/aromatic N) is 4. The van der Waals surface area contributed by atoms with Gasteiger partial charge in [-0.1, -0.05) is 178 Å². The van der Waals surface area contributed by atoms with Crippen molar-refractivity contribution in [2.24, 2.45) is 0 Å². The fraction of sp³-hybridized carbons (Fsp3) is 0.0571. The Morgan fingerprint density at radius 1 is 0.494 bits per heavy atom. The van der Waals surface area contributed by atoms with Gasteiger partial charge < -0.3 is 18.3 Å². The van der Waals surface area contributed by atoms with Crippen LogP contribution in [0.1, 0.15) is 26.3 Å². The minimum absolute atomic E-state index is 0. The maximum Gasteiger partial charge on any atom is 0.268 e. The third kappa shape index (κ3) is 7.50. The summed E-state index contributed by atoms with van der Waals surface area (Å²) in [6.07, 6.45) is 5.86. The Balaban J connectivity index is 0.00000540. The molecule has 0 saturated carbocycles. The normalized spacial score (nSPS) is 12.0. The minimum Gasteiger partial charge on any atom is -0.510 e. The predicted octanol–water partition coefficient (Wildman–Crippen LogP) is 17.4. The Kier molecular flexibility index (Phi) is 10.9. The van der Waals surface area contributed by atoms with Crippen LogP contribution < -0.4 is 9.30 Å². The van der Waals surface area contributed by atoms with Gasteiger partial charge >= 0.3 is 0 Å². The summed E-state index contributed by atoms with van der Waals surface area (Å²) < 4.78 is 20.1. The van der Waals surface area contributed by atoms with Gasteiger partial charge in [0.05, 0.1) is 16.7 Å². The summed E-state index contributed by atoms with van der Waals surface area (Å²) in [6.45, 7) is 6.68. The number of fused-ring (bicyclic) bond motifs is 13. The van der Waals surface area contributed by atoms with E-state index in [0.29, 0.717) is 11.5 Å². The van der Waals surface area contributed by atoms with Gasteiger partial charge in [0.25, 0.3) is 6.33 Å². The van der Waals surface area contributed by atoms with Gasteiger partial charge in [-0.05, 0) is 109 Å². The van der Waals surface area contributed by atoms with Crippen molar-refractivity contribution in [1.82, 2.24) is 14.1 Å². The van der Waals surface area contributed by atoms with Crippen LogP contribution in [0, 0.1) is 18.5 Å². The van der Waals surface area contributed by atoms with Crippen LogP contribution in [-0.2, 0) is 26.5 Å². The first-order chi connectivity index (χ1) is 37.3. The smallest absolute Gasteiger partial charge is 0.268 e. The summed E-state index contributed by atoms with van der Waals surface area (Å²) in [5, 5.41) is 4.34. The van der Waals surface area contributed by atoms with E-state index in [4.69, 9.17) is 14.1 Å². The van der Waals surface area contributed by atoms with Crippen molar-refractivity contribution in [2.75, 3.05) is 0 Å². The fourth-order valence-electron chi connectivity index (χ4n) is 11.6. The second-order valence-corrected chi connectivity index (χ2v) is 20.7. The first-order valence-electron chi connectivity index (χ1n) is 25.8. The van der Waals surface area contributed by atoms with Crippen LogP contribution in [0.15, 0.2) is 229 Å². The van der Waals surface area contributed by atoms with Gasteiger partial charge in [-0.2, -0.15) is 18.2 Å². The molecule has 0 unspecified atom stereocenters. The number of furan rings is 1. The SMILES string of the molecule is CC(C)(C)c1ccnc(-n2c3[c-]c(Oc4[c-]c(-n5[c-][n+]6c7c(cccc75)-c5ccccc5-c5ccccc5-c5cccc(-c7cc(-c8ccccc8)c8oc9ccccc9c8c7)c5-6)ccc4)ccc3c3ccccc32)c1.[Pt]. The summed E-state index contributed by atoms with van der Waals surface area (Å²) in [6, 6.07) is 84.6. The van der Waals surface area contributed by atoms with Crippen molar-refractivity contribution in [3.05, 3.63) is 249 Å². The molecule has 7 heteroatoms. The number of para-hydroxylation sites is 4. The molecular weight excluding hydrogens is 1120 g/mol. The van der Waals surface area contributed by atoms with Crippen molar-refractivity contribution in [1.29, 1.82) is 0 Å². The fourth-order valence-corrected chi connectivity index (χ4v) is 11.6. The molecule has 0 fully saturated rings. The number of imidazole rings is 1. The molecule has 5 heterocycles. The van der Waals surface area contributed by atoms with Gasteiger partial charge in [-0.25, -0.2) is 4.98 Å². The molecular formula is C70H46N4O2Pt-2. The average molecular weight is 1170 g/mol. The van der Waals surface area contributed by atoms with Crippen LogP contribution in [-0.4, -0.2) is 14.1 Å². The molecule has 0 aliphatic carbocycles. The largest absolute Gasteiger partial charge is 0.510 e. The third-order valence-corrected chi connectivity index (χ3v) is 15.1. The summed E-state index contributed by atoms with van der Waals surface area (Å²) in [4.78, 5) is 4.90. The second kappa shape index (κ2) is 18.0. The first kappa shape index (κ1) is 46.4. The zero-order valence-corrected chi connectivity index (χ0v) is 44.6. The molecule has 6 nitrogen and oxygen atoms in total. The minimum atomic E-state index is -0.0481. The van der Waals surface area contributed by atoms with Gasteiger partial charge in [-0.15, -0.1) is 29.7 Å². The number of ether oxygens (including phenoxy) is 1. The van der Waals surface area contributed by atoms with E-state index >= 15 is 0 Å². The van der Waals surface area contributed by atoms with Gasteiger partial charge in [-0.3, -0.25) is 4.57 Å². The molecule has 0 atom stereocenters. The van der Waals surface area contributed by atoms with Crippen LogP contribution in [0.2, 0.25) is 0 Å².